The van der Waals surface area contributed by atoms with Crippen molar-refractivity contribution >= 4 is 49.5 Å². The molecule has 6 heterocycles. The Morgan fingerprint density at radius 2 is 0.836 bits per heavy atom. The van der Waals surface area contributed by atoms with Gasteiger partial charge in [0, 0.05) is 53.9 Å². The zero-order valence-electron chi connectivity index (χ0n) is 65.2. The molecule has 32 heteroatoms. The minimum atomic E-state index is -4.77. The standard InChI is InChI=1S/C23H24F2N2O3.C23H18FN3O3.C22H14F5N3O2.C22H16F3N3O2/c1-14-8-20(24)19(21(25)9-14)11-27-13-26-23(29)18-10-17(6-7-22(18)27)30-16-4-2-15(12-28)3-5-16;1-14-2-3-16(20(24)10-14)12-27-13-26-23(29)19-11-18(8-9-21(19)27)30-17-6-4-15(5-7-17)22(25)28;1-12-4-5-13(16(23)7-12)10-30-11-29-20(31)14-8-19(17(24)9-18(14)30)32-21-15(22(25,26)27)3-2-6-28-21;1-14-4-6-15(7-5-14)12-28-13-27-20(29)17-11-16(8-9-19(17)28)30-21-18(22(23,24)25)3-2-10-26-21/h6-10,13,15-16,28H,2-5,11-12H2,1H3;2-11,13H,12H2,1H3,(H2,25,28);2-9,11H,10H2,1H3;2-11,13H,12H2,1H3. The average molecular weight is 1680 g/mol. The van der Waals surface area contributed by atoms with Crippen molar-refractivity contribution in [1.82, 2.24) is 48.2 Å². The molecule has 9 aromatic carbocycles. The Hall–Kier alpha value is -14.3. The molecule has 1 fully saturated rings. The van der Waals surface area contributed by atoms with Crippen molar-refractivity contribution in [2.75, 3.05) is 6.61 Å². The number of amides is 1. The van der Waals surface area contributed by atoms with Gasteiger partial charge in [0.2, 0.25) is 17.7 Å². The number of nitrogens with two attached hydrogens (primary N) is 1. The zero-order valence-corrected chi connectivity index (χ0v) is 65.2. The first kappa shape index (κ1) is 85.6. The van der Waals surface area contributed by atoms with Crippen LogP contribution >= 0.6 is 0 Å². The first-order chi connectivity index (χ1) is 58.3. The number of nitrogens with zero attached hydrogens (tertiary/aromatic N) is 10. The lowest BCUT2D eigenvalue weighted by Gasteiger charge is -2.28. The highest BCUT2D eigenvalue weighted by Crippen LogP contribution is 2.40. The summed E-state index contributed by atoms with van der Waals surface area (Å²) in [4.78, 5) is 82.9. The van der Waals surface area contributed by atoms with Crippen LogP contribution in [-0.4, -0.2) is 71.9 Å². The summed E-state index contributed by atoms with van der Waals surface area (Å²) in [6, 6.07) is 46.9. The van der Waals surface area contributed by atoms with Crippen LogP contribution in [0.1, 0.15) is 91.7 Å². The summed E-state index contributed by atoms with van der Waals surface area (Å²) < 4.78 is 180. The van der Waals surface area contributed by atoms with Crippen molar-refractivity contribution in [2.45, 2.75) is 98.0 Å². The Morgan fingerprint density at radius 3 is 1.31 bits per heavy atom. The molecular formula is C90H72F11N11O10. The fourth-order valence-corrected chi connectivity index (χ4v) is 13.5. The van der Waals surface area contributed by atoms with Crippen molar-refractivity contribution in [1.29, 1.82) is 0 Å². The number of carbonyl (C=O) groups excluding carboxylic acids is 1. The summed E-state index contributed by atoms with van der Waals surface area (Å²) >= 11 is 0. The number of hydrogen-bond acceptors (Lipinski definition) is 16. The number of aliphatic hydroxyl groups excluding tert-OH is 1. The molecule has 1 amide bonds. The van der Waals surface area contributed by atoms with E-state index >= 15 is 0 Å². The number of ether oxygens (including phenoxy) is 4. The van der Waals surface area contributed by atoms with Gasteiger partial charge in [-0.25, -0.2) is 31.9 Å². The van der Waals surface area contributed by atoms with Crippen LogP contribution in [-0.2, 0) is 38.5 Å². The second kappa shape index (κ2) is 36.9. The predicted molar refractivity (Wildman–Crippen MR) is 432 cm³/mol. The molecule has 16 rings (SSSR count). The van der Waals surface area contributed by atoms with Gasteiger partial charge in [-0.1, -0.05) is 54.1 Å². The van der Waals surface area contributed by atoms with E-state index in [4.69, 9.17) is 24.7 Å². The molecule has 3 N–H and O–H groups in total. The number of aromatic nitrogens is 10. The second-order valence-corrected chi connectivity index (χ2v) is 28.8. The largest absolute Gasteiger partial charge is 0.490 e. The Balaban J connectivity index is 0.000000140. The third kappa shape index (κ3) is 20.7. The first-order valence-electron chi connectivity index (χ1n) is 37.7. The number of primary amides is 1. The number of benzene rings is 9. The van der Waals surface area contributed by atoms with Crippen LogP contribution in [0.5, 0.6) is 40.5 Å². The number of aryl methyl sites for hydroxylation is 4. The molecule has 0 saturated heterocycles. The van der Waals surface area contributed by atoms with E-state index < -0.39 is 92.4 Å². The van der Waals surface area contributed by atoms with Gasteiger partial charge in [0.1, 0.15) is 57.4 Å². The van der Waals surface area contributed by atoms with E-state index in [-0.39, 0.29) is 71.3 Å². The molecule has 0 unspecified atom stereocenters. The van der Waals surface area contributed by atoms with Gasteiger partial charge in [-0.3, -0.25) is 24.0 Å². The van der Waals surface area contributed by atoms with Crippen molar-refractivity contribution < 1.29 is 77.1 Å². The fourth-order valence-electron chi connectivity index (χ4n) is 13.5. The van der Waals surface area contributed by atoms with Gasteiger partial charge in [0.15, 0.2) is 11.6 Å². The minimum Gasteiger partial charge on any atom is -0.490 e. The number of rotatable bonds is 18. The number of fused-ring (bicyclic) bond motifs is 4. The number of pyridine rings is 2. The molecule has 624 valence electrons. The maximum atomic E-state index is 14.8. The van der Waals surface area contributed by atoms with Crippen LogP contribution in [0, 0.1) is 62.7 Å². The molecule has 1 aliphatic carbocycles. The lowest BCUT2D eigenvalue weighted by Crippen LogP contribution is -2.25. The van der Waals surface area contributed by atoms with E-state index in [1.165, 1.54) is 72.2 Å². The maximum Gasteiger partial charge on any atom is 0.421 e. The van der Waals surface area contributed by atoms with Crippen LogP contribution in [0.3, 0.4) is 0 Å². The van der Waals surface area contributed by atoms with Crippen LogP contribution in [0.15, 0.2) is 245 Å². The Bertz CT molecular complexity index is 6660. The molecular weight excluding hydrogens is 1600 g/mol. The van der Waals surface area contributed by atoms with Crippen LogP contribution < -0.4 is 46.9 Å². The van der Waals surface area contributed by atoms with Gasteiger partial charge in [-0.05, 0) is 215 Å². The molecule has 15 aromatic rings. The van der Waals surface area contributed by atoms with Gasteiger partial charge in [-0.2, -0.15) is 46.3 Å². The highest BCUT2D eigenvalue weighted by Gasteiger charge is 2.37. The Morgan fingerprint density at radius 1 is 0.418 bits per heavy atom. The first-order valence-corrected chi connectivity index (χ1v) is 37.7. The second-order valence-electron chi connectivity index (χ2n) is 28.8. The van der Waals surface area contributed by atoms with Gasteiger partial charge in [0.25, 0.3) is 22.2 Å². The Kier molecular flexibility index (Phi) is 25.9. The van der Waals surface area contributed by atoms with E-state index in [0.717, 1.165) is 90.8 Å². The molecule has 0 bridgehead atoms. The summed E-state index contributed by atoms with van der Waals surface area (Å²) in [6.45, 7) is 7.99. The van der Waals surface area contributed by atoms with E-state index in [0.29, 0.717) is 73.7 Å². The van der Waals surface area contributed by atoms with E-state index in [1.54, 1.807) is 112 Å². The normalized spacial score (nSPS) is 13.3. The molecule has 0 atom stereocenters. The fraction of sp³-hybridized carbons (Fsp3) is 0.189. The molecule has 0 radical (unpaired) electrons. The van der Waals surface area contributed by atoms with E-state index in [2.05, 4.69) is 29.9 Å². The summed E-state index contributed by atoms with van der Waals surface area (Å²) in [5.74, 6) is -3.75. The van der Waals surface area contributed by atoms with Crippen molar-refractivity contribution in [3.63, 3.8) is 0 Å². The lowest BCUT2D eigenvalue weighted by atomic mass is 9.88. The van der Waals surface area contributed by atoms with Crippen LogP contribution in [0.2, 0.25) is 0 Å². The highest BCUT2D eigenvalue weighted by molar-refractivity contribution is 5.93. The number of carbonyl (C=O) groups is 1. The molecule has 122 heavy (non-hydrogen) atoms. The molecule has 1 saturated carbocycles. The summed E-state index contributed by atoms with van der Waals surface area (Å²) in [5.41, 5.74) is 8.11. The smallest absolute Gasteiger partial charge is 0.421 e. The Labute approximate surface area is 686 Å². The third-order valence-electron chi connectivity index (χ3n) is 19.9. The number of halogens is 11. The molecule has 21 nitrogen and oxygen atoms in total. The van der Waals surface area contributed by atoms with Gasteiger partial charge >= 0.3 is 12.4 Å². The van der Waals surface area contributed by atoms with Gasteiger partial charge in [0.05, 0.1) is 94.7 Å². The number of hydrogen-bond donors (Lipinski definition) is 2. The topological polar surface area (TPSA) is 266 Å². The maximum absolute atomic E-state index is 14.8. The van der Waals surface area contributed by atoms with Crippen molar-refractivity contribution in [3.8, 4) is 40.5 Å². The van der Waals surface area contributed by atoms with Crippen molar-refractivity contribution in [2.24, 2.45) is 11.7 Å². The highest BCUT2D eigenvalue weighted by atomic mass is 19.4. The summed E-state index contributed by atoms with van der Waals surface area (Å²) in [5, 5.41) is 10.1. The lowest BCUT2D eigenvalue weighted by molar-refractivity contribution is -0.139. The predicted octanol–water partition coefficient (Wildman–Crippen LogP) is 17.9. The quantitative estimate of drug-likeness (QED) is 0.0756. The zero-order chi connectivity index (χ0) is 86.8. The van der Waals surface area contributed by atoms with Gasteiger partial charge < -0.3 is 48.1 Å². The van der Waals surface area contributed by atoms with Crippen molar-refractivity contribution in [3.05, 3.63) is 357 Å². The molecule has 0 spiro atoms. The van der Waals surface area contributed by atoms with Crippen LogP contribution in [0.25, 0.3) is 43.6 Å². The minimum absolute atomic E-state index is 0.0416. The number of alkyl halides is 6. The SMILES string of the molecule is Cc1cc(F)c(Cn2cnc(=O)c3cc(OC4CCC(CO)CC4)ccc32)c(F)c1.Cc1ccc(Cn2cnc(=O)c3cc(Oc4ccc(C(N)=O)cc4)ccc32)c(F)c1.Cc1ccc(Cn2cnc(=O)c3cc(Oc4ncccc4C(F)(F)F)c(F)cc32)c(F)c1.Cc1ccc(Cn2cnc(=O)c3cc(Oc4ncccc4C(F)(F)F)ccc32)cc1. The molecule has 0 aliphatic heterocycles. The molecule has 1 aliphatic rings. The summed E-state index contributed by atoms with van der Waals surface area (Å²) in [7, 11) is 0. The average Bonchev–Trinajstić information content (AvgIpc) is 0.660. The summed E-state index contributed by atoms with van der Waals surface area (Å²) in [6.07, 6.45) is 1.78. The third-order valence-corrected chi connectivity index (χ3v) is 19.9. The van der Waals surface area contributed by atoms with Crippen LogP contribution in [0.4, 0.5) is 48.3 Å². The van der Waals surface area contributed by atoms with E-state index in [9.17, 15) is 77.4 Å². The monoisotopic (exact) mass is 1680 g/mol. The number of aliphatic hydroxyl groups is 1. The van der Waals surface area contributed by atoms with Gasteiger partial charge in [-0.15, -0.1) is 0 Å². The van der Waals surface area contributed by atoms with E-state index in [1.807, 2.05) is 44.2 Å². The molecule has 6 aromatic heterocycles.